The van der Waals surface area contributed by atoms with E-state index in [0.717, 1.165) is 12.8 Å². The third kappa shape index (κ3) is 16.4. The average molecular weight is 397 g/mol. The maximum atomic E-state index is 10.7. The number of hydrogen-bond donors (Lipinski definition) is 1. The Morgan fingerprint density at radius 2 is 0.857 bits per heavy atom. The lowest BCUT2D eigenvalue weighted by Gasteiger charge is -2.35. The molecule has 0 spiro atoms. The van der Waals surface area contributed by atoms with Gasteiger partial charge in [0.1, 0.15) is 0 Å². The van der Waals surface area contributed by atoms with E-state index in [1.54, 1.807) is 0 Å². The number of aliphatic carboxylic acids is 1. The lowest BCUT2D eigenvalue weighted by atomic mass is 9.70. The Kier molecular flexibility index (Phi) is 19.4. The Labute approximate surface area is 177 Å². The lowest BCUT2D eigenvalue weighted by molar-refractivity contribution is -0.137. The molecule has 0 radical (unpaired) electrons. The van der Waals surface area contributed by atoms with E-state index >= 15 is 0 Å². The van der Waals surface area contributed by atoms with E-state index in [2.05, 4.69) is 20.8 Å². The Morgan fingerprint density at radius 1 is 0.536 bits per heavy atom. The van der Waals surface area contributed by atoms with E-state index in [9.17, 15) is 4.79 Å². The van der Waals surface area contributed by atoms with Gasteiger partial charge in [0.05, 0.1) is 0 Å². The summed E-state index contributed by atoms with van der Waals surface area (Å²) in [6, 6.07) is 0. The van der Waals surface area contributed by atoms with Crippen LogP contribution >= 0.6 is 0 Å². The third-order valence-corrected chi connectivity index (χ3v) is 6.53. The number of carboxylic acids is 1. The molecule has 0 aliphatic carbocycles. The second-order valence-electron chi connectivity index (χ2n) is 9.24. The van der Waals surface area contributed by atoms with Gasteiger partial charge in [0.25, 0.3) is 0 Å². The van der Waals surface area contributed by atoms with Crippen LogP contribution in [0.15, 0.2) is 0 Å². The van der Waals surface area contributed by atoms with Gasteiger partial charge in [-0.2, -0.15) is 0 Å². The van der Waals surface area contributed by atoms with Crippen molar-refractivity contribution in [3.05, 3.63) is 0 Å². The van der Waals surface area contributed by atoms with E-state index < -0.39 is 5.97 Å². The molecule has 2 heteroatoms. The molecule has 0 aromatic rings. The Balaban J connectivity index is 4.64. The van der Waals surface area contributed by atoms with Gasteiger partial charge in [-0.15, -0.1) is 0 Å². The highest BCUT2D eigenvalue weighted by Gasteiger charge is 2.28. The van der Waals surface area contributed by atoms with E-state index in [0.29, 0.717) is 11.8 Å². The predicted octanol–water partition coefficient (Wildman–Crippen LogP) is 9.31. The summed E-state index contributed by atoms with van der Waals surface area (Å²) in [5.41, 5.74) is 0.571. The van der Waals surface area contributed by atoms with Gasteiger partial charge < -0.3 is 5.11 Å². The maximum absolute atomic E-state index is 10.7. The van der Waals surface area contributed by atoms with Crippen LogP contribution in [0.3, 0.4) is 0 Å². The largest absolute Gasteiger partial charge is 0.481 e. The molecule has 0 aromatic heterocycles. The molecule has 0 aliphatic rings. The van der Waals surface area contributed by atoms with Crippen LogP contribution in [0.5, 0.6) is 0 Å². The van der Waals surface area contributed by atoms with Gasteiger partial charge in [-0.3, -0.25) is 4.79 Å². The molecule has 0 saturated carbocycles. The number of unbranched alkanes of at least 4 members (excludes halogenated alkanes) is 12. The minimum atomic E-state index is -0.642. The minimum Gasteiger partial charge on any atom is -0.481 e. The van der Waals surface area contributed by atoms with Crippen molar-refractivity contribution < 1.29 is 9.90 Å². The van der Waals surface area contributed by atoms with Gasteiger partial charge in [0, 0.05) is 6.42 Å². The second kappa shape index (κ2) is 19.8. The van der Waals surface area contributed by atoms with Crippen LogP contribution < -0.4 is 0 Å². The fourth-order valence-corrected chi connectivity index (χ4v) is 4.66. The first-order chi connectivity index (χ1) is 13.6. The van der Waals surface area contributed by atoms with Crippen molar-refractivity contribution in [2.75, 3.05) is 0 Å². The number of rotatable bonds is 22. The smallest absolute Gasteiger partial charge is 0.303 e. The molecule has 0 saturated heterocycles. The first kappa shape index (κ1) is 27.5. The van der Waals surface area contributed by atoms with Crippen molar-refractivity contribution in [2.45, 2.75) is 156 Å². The summed E-state index contributed by atoms with van der Waals surface area (Å²) < 4.78 is 0. The number of hydrogen-bond acceptors (Lipinski definition) is 1. The molecule has 0 heterocycles. The van der Waals surface area contributed by atoms with E-state index in [1.165, 1.54) is 116 Å². The lowest BCUT2D eigenvalue weighted by Crippen LogP contribution is -2.21. The molecule has 0 amide bonds. The van der Waals surface area contributed by atoms with Crippen molar-refractivity contribution >= 4 is 5.97 Å². The fourth-order valence-electron chi connectivity index (χ4n) is 4.66. The van der Waals surface area contributed by atoms with Gasteiger partial charge >= 0.3 is 5.97 Å². The van der Waals surface area contributed by atoms with Crippen LogP contribution in [0.1, 0.15) is 156 Å². The monoisotopic (exact) mass is 396 g/mol. The highest BCUT2D eigenvalue weighted by atomic mass is 16.4. The highest BCUT2D eigenvalue weighted by molar-refractivity contribution is 5.66. The van der Waals surface area contributed by atoms with Crippen LogP contribution in [-0.4, -0.2) is 11.1 Å². The highest BCUT2D eigenvalue weighted by Crippen LogP contribution is 2.42. The molecule has 0 rings (SSSR count). The van der Waals surface area contributed by atoms with Crippen molar-refractivity contribution in [1.29, 1.82) is 0 Å². The minimum absolute atomic E-state index is 0.343. The summed E-state index contributed by atoms with van der Waals surface area (Å²) in [5, 5.41) is 8.82. The van der Waals surface area contributed by atoms with Crippen LogP contribution in [-0.2, 0) is 4.79 Å². The Hall–Kier alpha value is -0.530. The normalized spacial score (nSPS) is 11.8. The summed E-state index contributed by atoms with van der Waals surface area (Å²) in [5.74, 6) is -0.642. The molecule has 168 valence electrons. The molecule has 0 aromatic carbocycles. The topological polar surface area (TPSA) is 37.3 Å². The molecule has 0 atom stereocenters. The summed E-state index contributed by atoms with van der Waals surface area (Å²) in [4.78, 5) is 10.7. The predicted molar refractivity (Wildman–Crippen MR) is 124 cm³/mol. The van der Waals surface area contributed by atoms with Crippen LogP contribution in [0.4, 0.5) is 0 Å². The first-order valence-corrected chi connectivity index (χ1v) is 12.8. The molecule has 0 aliphatic heterocycles. The van der Waals surface area contributed by atoms with Crippen molar-refractivity contribution in [3.8, 4) is 0 Å². The maximum Gasteiger partial charge on any atom is 0.303 e. The van der Waals surface area contributed by atoms with Gasteiger partial charge in [0.2, 0.25) is 0 Å². The van der Waals surface area contributed by atoms with Crippen LogP contribution in [0.2, 0.25) is 0 Å². The Bertz CT molecular complexity index is 306. The second-order valence-corrected chi connectivity index (χ2v) is 9.24. The fraction of sp³-hybridized carbons (Fsp3) is 0.962. The molecule has 0 fully saturated rings. The average Bonchev–Trinajstić information content (AvgIpc) is 2.68. The zero-order valence-electron chi connectivity index (χ0n) is 19.7. The van der Waals surface area contributed by atoms with Crippen molar-refractivity contribution in [2.24, 2.45) is 5.41 Å². The molecular formula is C26H52O2. The number of carbonyl (C=O) groups is 1. The van der Waals surface area contributed by atoms with E-state index in [-0.39, 0.29) is 0 Å². The summed E-state index contributed by atoms with van der Waals surface area (Å²) >= 11 is 0. The van der Waals surface area contributed by atoms with E-state index in [4.69, 9.17) is 5.11 Å². The summed E-state index contributed by atoms with van der Waals surface area (Å²) in [6.45, 7) is 6.92. The Morgan fingerprint density at radius 3 is 1.18 bits per heavy atom. The zero-order valence-corrected chi connectivity index (χ0v) is 19.7. The van der Waals surface area contributed by atoms with Crippen molar-refractivity contribution in [1.82, 2.24) is 0 Å². The molecule has 1 N–H and O–H groups in total. The number of carboxylic acid groups (broad SMARTS) is 1. The van der Waals surface area contributed by atoms with E-state index in [1.807, 2.05) is 0 Å². The zero-order chi connectivity index (χ0) is 20.9. The SMILES string of the molecule is CCCCCCC(CCCCCC)(CCCCCC)CCCCCCC(=O)O. The molecule has 0 unspecified atom stereocenters. The van der Waals surface area contributed by atoms with Gasteiger partial charge in [-0.1, -0.05) is 117 Å². The molecule has 2 nitrogen and oxygen atoms in total. The first-order valence-electron chi connectivity index (χ1n) is 12.8. The van der Waals surface area contributed by atoms with Crippen LogP contribution in [0, 0.1) is 5.41 Å². The van der Waals surface area contributed by atoms with Crippen LogP contribution in [0.25, 0.3) is 0 Å². The van der Waals surface area contributed by atoms with Gasteiger partial charge in [-0.25, -0.2) is 0 Å². The van der Waals surface area contributed by atoms with Gasteiger partial charge in [0.15, 0.2) is 0 Å². The summed E-state index contributed by atoms with van der Waals surface area (Å²) in [7, 11) is 0. The third-order valence-electron chi connectivity index (χ3n) is 6.53. The quantitative estimate of drug-likeness (QED) is 0.185. The summed E-state index contributed by atoms with van der Waals surface area (Å²) in [6.07, 6.45) is 27.0. The molecule has 0 bridgehead atoms. The standard InChI is InChI=1S/C26H52O2/c1-4-7-10-16-21-26(22-17-11-8-5-2,23-18-12-9-6-3)24-19-14-13-15-20-25(27)28/h4-24H2,1-3H3,(H,27,28). The molecule has 28 heavy (non-hydrogen) atoms. The van der Waals surface area contributed by atoms with Crippen molar-refractivity contribution in [3.63, 3.8) is 0 Å². The van der Waals surface area contributed by atoms with Gasteiger partial charge in [-0.05, 0) is 37.5 Å². The molecular weight excluding hydrogens is 344 g/mol.